The van der Waals surface area contributed by atoms with Crippen LogP contribution in [0.25, 0.3) is 11.0 Å². The lowest BCUT2D eigenvalue weighted by molar-refractivity contribution is -0.153. The Bertz CT molecular complexity index is 945. The number of imidazole rings is 1. The fraction of sp³-hybridized carbons (Fsp3) is 0.640. The van der Waals surface area contributed by atoms with Crippen LogP contribution in [0.15, 0.2) is 18.2 Å². The number of nitrogens with zero attached hydrogens (tertiary/aromatic N) is 2. The summed E-state index contributed by atoms with van der Waals surface area (Å²) < 4.78 is 7.55. The summed E-state index contributed by atoms with van der Waals surface area (Å²) in [6, 6.07) is 5.65. The van der Waals surface area contributed by atoms with E-state index in [1.165, 1.54) is 25.7 Å². The molecule has 1 amide bonds. The number of carbonyl (C=O) groups is 2. The molecule has 2 fully saturated rings. The molecule has 1 aliphatic carbocycles. The molecule has 2 aliphatic rings. The van der Waals surface area contributed by atoms with E-state index in [0.29, 0.717) is 17.9 Å². The normalized spacial score (nSPS) is 23.1. The van der Waals surface area contributed by atoms with Crippen molar-refractivity contribution < 1.29 is 14.3 Å². The number of esters is 1. The van der Waals surface area contributed by atoms with Crippen LogP contribution in [0.1, 0.15) is 81.9 Å². The summed E-state index contributed by atoms with van der Waals surface area (Å²) in [6.07, 6.45) is 8.11. The molecule has 168 valence electrons. The van der Waals surface area contributed by atoms with E-state index in [9.17, 15) is 9.59 Å². The van der Waals surface area contributed by atoms with E-state index in [1.54, 1.807) is 0 Å². The zero-order chi connectivity index (χ0) is 22.0. The molecule has 0 spiro atoms. The topological polar surface area (TPSA) is 73.2 Å². The minimum absolute atomic E-state index is 0.150. The van der Waals surface area contributed by atoms with Crippen LogP contribution in [0, 0.1) is 11.8 Å². The van der Waals surface area contributed by atoms with Crippen molar-refractivity contribution in [3.8, 4) is 0 Å². The quantitative estimate of drug-likeness (QED) is 0.656. The molecule has 6 nitrogen and oxygen atoms in total. The summed E-state index contributed by atoms with van der Waals surface area (Å²) >= 11 is 0. The third-order valence-corrected chi connectivity index (χ3v) is 6.92. The molecule has 3 atom stereocenters. The van der Waals surface area contributed by atoms with E-state index >= 15 is 0 Å². The van der Waals surface area contributed by atoms with Crippen molar-refractivity contribution in [2.45, 2.75) is 90.8 Å². The Labute approximate surface area is 184 Å². The Morgan fingerprint density at radius 1 is 1.32 bits per heavy atom. The molecule has 0 radical (unpaired) electrons. The maximum atomic E-state index is 12.9. The van der Waals surface area contributed by atoms with Crippen LogP contribution in [-0.4, -0.2) is 33.6 Å². The van der Waals surface area contributed by atoms with Gasteiger partial charge in [0.05, 0.1) is 17.5 Å². The van der Waals surface area contributed by atoms with Gasteiger partial charge in [-0.2, -0.15) is 0 Å². The molecule has 6 heteroatoms. The monoisotopic (exact) mass is 425 g/mol. The van der Waals surface area contributed by atoms with Gasteiger partial charge in [-0.25, -0.2) is 4.98 Å². The van der Waals surface area contributed by atoms with Gasteiger partial charge in [-0.15, -0.1) is 0 Å². The van der Waals surface area contributed by atoms with Gasteiger partial charge >= 0.3 is 5.97 Å². The first-order chi connectivity index (χ1) is 14.9. The minimum atomic E-state index is -0.250. The van der Waals surface area contributed by atoms with E-state index in [2.05, 4.69) is 23.7 Å². The number of ether oxygens (including phenoxy) is 1. The number of hydrogen-bond donors (Lipinski definition) is 1. The average molecular weight is 426 g/mol. The van der Waals surface area contributed by atoms with Crippen molar-refractivity contribution in [3.63, 3.8) is 0 Å². The summed E-state index contributed by atoms with van der Waals surface area (Å²) in [5.41, 5.74) is 2.60. The van der Waals surface area contributed by atoms with Crippen molar-refractivity contribution >= 4 is 22.9 Å². The van der Waals surface area contributed by atoms with Gasteiger partial charge in [0.1, 0.15) is 11.9 Å². The highest BCUT2D eigenvalue weighted by atomic mass is 16.5. The van der Waals surface area contributed by atoms with E-state index in [1.807, 2.05) is 25.1 Å². The first kappa shape index (κ1) is 21.8. The van der Waals surface area contributed by atoms with Crippen molar-refractivity contribution in [1.29, 1.82) is 0 Å². The largest absolute Gasteiger partial charge is 0.463 e. The van der Waals surface area contributed by atoms with Crippen molar-refractivity contribution in [3.05, 3.63) is 29.6 Å². The van der Waals surface area contributed by atoms with Crippen molar-refractivity contribution in [1.82, 2.24) is 14.9 Å². The predicted octanol–water partition coefficient (Wildman–Crippen LogP) is 4.64. The van der Waals surface area contributed by atoms with Gasteiger partial charge in [0.15, 0.2) is 0 Å². The Hall–Kier alpha value is -2.37. The highest BCUT2D eigenvalue weighted by Gasteiger charge is 2.27. The zero-order valence-corrected chi connectivity index (χ0v) is 19.0. The highest BCUT2D eigenvalue weighted by molar-refractivity contribution is 5.97. The first-order valence-electron chi connectivity index (χ1n) is 11.9. The lowest BCUT2D eigenvalue weighted by Gasteiger charge is -2.27. The Morgan fingerprint density at radius 3 is 2.81 bits per heavy atom. The number of cyclic esters (lactones) is 1. The van der Waals surface area contributed by atoms with Crippen molar-refractivity contribution in [2.75, 3.05) is 0 Å². The Kier molecular flexibility index (Phi) is 6.63. The predicted molar refractivity (Wildman–Crippen MR) is 121 cm³/mol. The lowest BCUT2D eigenvalue weighted by Crippen LogP contribution is -2.43. The maximum Gasteiger partial charge on any atom is 0.308 e. The smallest absolute Gasteiger partial charge is 0.308 e. The number of rotatable bonds is 7. The van der Waals surface area contributed by atoms with Gasteiger partial charge in [0.2, 0.25) is 0 Å². The number of nitrogens with one attached hydrogen (secondary N) is 1. The first-order valence-corrected chi connectivity index (χ1v) is 11.9. The van der Waals surface area contributed by atoms with Crippen LogP contribution >= 0.6 is 0 Å². The standard InChI is InChI=1S/C25H35N3O3/c1-4-16(2)15-28-22-10-9-19(25(30)26-20-11-17(3)31-24(29)14-20)13-21(22)27-23(28)12-18-7-5-6-8-18/h9-10,13,16-18,20H,4-8,11-12,14-15H2,1-3H3,(H,26,30). The Balaban J connectivity index is 1.57. The summed E-state index contributed by atoms with van der Waals surface area (Å²) in [5, 5.41) is 3.01. The number of fused-ring (bicyclic) bond motifs is 1. The highest BCUT2D eigenvalue weighted by Crippen LogP contribution is 2.30. The number of benzene rings is 1. The van der Waals surface area contributed by atoms with Crippen LogP contribution in [0.2, 0.25) is 0 Å². The van der Waals surface area contributed by atoms with Gasteiger partial charge in [-0.05, 0) is 37.0 Å². The summed E-state index contributed by atoms with van der Waals surface area (Å²) in [6.45, 7) is 7.33. The number of aromatic nitrogens is 2. The molecule has 1 saturated heterocycles. The Morgan fingerprint density at radius 2 is 2.10 bits per heavy atom. The average Bonchev–Trinajstić information content (AvgIpc) is 3.35. The van der Waals surface area contributed by atoms with E-state index < -0.39 is 0 Å². The van der Waals surface area contributed by atoms with E-state index in [-0.39, 0.29) is 30.4 Å². The van der Waals surface area contributed by atoms with Gasteiger partial charge in [-0.1, -0.05) is 46.0 Å². The van der Waals surface area contributed by atoms with E-state index in [4.69, 9.17) is 9.72 Å². The molecule has 2 heterocycles. The summed E-state index contributed by atoms with van der Waals surface area (Å²) in [4.78, 5) is 29.5. The van der Waals surface area contributed by atoms with Gasteiger partial charge in [0.25, 0.3) is 5.91 Å². The third-order valence-electron chi connectivity index (χ3n) is 6.92. The second kappa shape index (κ2) is 9.41. The summed E-state index contributed by atoms with van der Waals surface area (Å²) in [7, 11) is 0. The molecule has 1 aromatic carbocycles. The second-order valence-electron chi connectivity index (χ2n) is 9.62. The molecular weight excluding hydrogens is 390 g/mol. The molecule has 1 aromatic heterocycles. The molecule has 4 rings (SSSR count). The fourth-order valence-electron chi connectivity index (χ4n) is 4.98. The second-order valence-corrected chi connectivity index (χ2v) is 9.62. The van der Waals surface area contributed by atoms with E-state index in [0.717, 1.165) is 42.2 Å². The number of amides is 1. The number of carbonyl (C=O) groups excluding carboxylic acids is 2. The van der Waals surface area contributed by atoms with Crippen LogP contribution in [0.5, 0.6) is 0 Å². The maximum absolute atomic E-state index is 12.9. The van der Waals surface area contributed by atoms with Crippen molar-refractivity contribution in [2.24, 2.45) is 11.8 Å². The third kappa shape index (κ3) is 5.10. The summed E-state index contributed by atoms with van der Waals surface area (Å²) in [5.74, 6) is 2.06. The van der Waals surface area contributed by atoms with Crippen LogP contribution < -0.4 is 5.32 Å². The minimum Gasteiger partial charge on any atom is -0.463 e. The van der Waals surface area contributed by atoms with Crippen LogP contribution in [-0.2, 0) is 22.5 Å². The fourth-order valence-corrected chi connectivity index (χ4v) is 4.98. The molecule has 1 saturated carbocycles. The van der Waals surface area contributed by atoms with Crippen LogP contribution in [0.3, 0.4) is 0 Å². The van der Waals surface area contributed by atoms with Gasteiger partial charge < -0.3 is 14.6 Å². The zero-order valence-electron chi connectivity index (χ0n) is 19.0. The van der Waals surface area contributed by atoms with Crippen LogP contribution in [0.4, 0.5) is 0 Å². The van der Waals surface area contributed by atoms with Gasteiger partial charge in [0, 0.05) is 31.0 Å². The molecule has 0 bridgehead atoms. The molecule has 3 unspecified atom stereocenters. The van der Waals surface area contributed by atoms with Gasteiger partial charge in [-0.3, -0.25) is 9.59 Å². The molecule has 31 heavy (non-hydrogen) atoms. The molecular formula is C25H35N3O3. The SMILES string of the molecule is CCC(C)Cn1c(CC2CCCC2)nc2cc(C(=O)NC3CC(=O)OC(C)C3)ccc21. The molecule has 2 aromatic rings. The lowest BCUT2D eigenvalue weighted by atomic mass is 10.0. The number of hydrogen-bond acceptors (Lipinski definition) is 4. The molecule has 1 aliphatic heterocycles. The molecule has 1 N–H and O–H groups in total.